The largest absolute Gasteiger partial charge is 0.573 e. The quantitative estimate of drug-likeness (QED) is 0.632. The first-order chi connectivity index (χ1) is 14.8. The van der Waals surface area contributed by atoms with Gasteiger partial charge in [0, 0.05) is 6.08 Å². The Morgan fingerprint density at radius 3 is 2.31 bits per heavy atom. The number of halogens is 6. The van der Waals surface area contributed by atoms with Gasteiger partial charge in [-0.15, -0.1) is 13.2 Å². The van der Waals surface area contributed by atoms with Crippen molar-refractivity contribution < 1.29 is 45.4 Å². The lowest BCUT2D eigenvalue weighted by Crippen LogP contribution is -2.34. The van der Waals surface area contributed by atoms with Gasteiger partial charge in [0.05, 0.1) is 6.20 Å². The number of carbonyl (C=O) groups excluding carboxylic acids is 1. The molecule has 1 aliphatic rings. The number of nitrogens with one attached hydrogen (secondary N) is 2. The van der Waals surface area contributed by atoms with Gasteiger partial charge in [0.2, 0.25) is 5.88 Å². The molecule has 1 atom stereocenters. The number of aromatic nitrogens is 1. The van der Waals surface area contributed by atoms with Crippen molar-refractivity contribution >= 4 is 5.91 Å². The number of benzene rings is 1. The molecule has 0 fully saturated rings. The molecule has 32 heavy (non-hydrogen) atoms. The van der Waals surface area contributed by atoms with E-state index in [1.165, 1.54) is 30.3 Å². The first-order valence-electron chi connectivity index (χ1n) is 8.85. The van der Waals surface area contributed by atoms with E-state index < -0.39 is 30.6 Å². The molecule has 1 aliphatic heterocycles. The molecule has 2 heterocycles. The van der Waals surface area contributed by atoms with E-state index in [2.05, 4.69) is 15.2 Å². The molecule has 0 saturated carbocycles. The molecule has 172 valence electrons. The van der Waals surface area contributed by atoms with Crippen LogP contribution >= 0.6 is 0 Å². The second kappa shape index (κ2) is 8.57. The predicted octanol–water partition coefficient (Wildman–Crippen LogP) is 3.94. The summed E-state index contributed by atoms with van der Waals surface area (Å²) in [6.45, 7) is 0.143. The Morgan fingerprint density at radius 2 is 1.75 bits per heavy atom. The maximum atomic E-state index is 12.3. The third-order valence-electron chi connectivity index (χ3n) is 4.08. The van der Waals surface area contributed by atoms with E-state index in [0.717, 1.165) is 18.3 Å². The summed E-state index contributed by atoms with van der Waals surface area (Å²) in [4.78, 5) is 20.9. The third-order valence-corrected chi connectivity index (χ3v) is 4.08. The number of amides is 1. The van der Waals surface area contributed by atoms with Gasteiger partial charge in [-0.1, -0.05) is 12.1 Å². The molecule has 2 aromatic rings. The standard InChI is InChI=1S/C19H15F6N3O4/c1-17(11-2-4-12(5-3-11)31-19(23,24)25)8-15(28-32-17)30-13-6-7-14(26-9-13)16(29)27-10-18(20,21)22/h2-9,28H,10H2,1H3,(H,27,29). The van der Waals surface area contributed by atoms with Crippen LogP contribution in [0, 0.1) is 0 Å². The lowest BCUT2D eigenvalue weighted by molar-refractivity contribution is -0.274. The van der Waals surface area contributed by atoms with Crippen molar-refractivity contribution in [2.45, 2.75) is 25.1 Å². The molecule has 7 nitrogen and oxygen atoms in total. The SMILES string of the molecule is CC1(c2ccc(OC(F)(F)F)cc2)C=C(Oc2ccc(C(=O)NCC(F)(F)F)nc2)NO1. The van der Waals surface area contributed by atoms with Crippen LogP contribution in [0.5, 0.6) is 11.5 Å². The number of hydroxylamine groups is 1. The molecule has 3 rings (SSSR count). The second-order valence-corrected chi connectivity index (χ2v) is 6.67. The van der Waals surface area contributed by atoms with Gasteiger partial charge in [-0.05, 0) is 36.8 Å². The van der Waals surface area contributed by atoms with E-state index in [4.69, 9.17) is 9.57 Å². The summed E-state index contributed by atoms with van der Waals surface area (Å²) in [7, 11) is 0. The van der Waals surface area contributed by atoms with E-state index in [1.54, 1.807) is 12.2 Å². The maximum Gasteiger partial charge on any atom is 0.573 e. The smallest absolute Gasteiger partial charge is 0.438 e. The fourth-order valence-corrected chi connectivity index (χ4v) is 2.62. The summed E-state index contributed by atoms with van der Waals surface area (Å²) < 4.78 is 82.6. The van der Waals surface area contributed by atoms with Crippen molar-refractivity contribution in [1.29, 1.82) is 0 Å². The van der Waals surface area contributed by atoms with Crippen molar-refractivity contribution in [3.8, 4) is 11.5 Å². The number of hydrogen-bond acceptors (Lipinski definition) is 6. The summed E-state index contributed by atoms with van der Waals surface area (Å²) in [5, 5.41) is 1.69. The monoisotopic (exact) mass is 463 g/mol. The topological polar surface area (TPSA) is 81.7 Å². The van der Waals surface area contributed by atoms with Crippen LogP contribution in [-0.4, -0.2) is 30.0 Å². The van der Waals surface area contributed by atoms with Crippen molar-refractivity contribution in [3.63, 3.8) is 0 Å². The van der Waals surface area contributed by atoms with Gasteiger partial charge < -0.3 is 14.8 Å². The van der Waals surface area contributed by atoms with E-state index >= 15 is 0 Å². The highest BCUT2D eigenvalue weighted by Crippen LogP contribution is 2.33. The van der Waals surface area contributed by atoms with Crippen LogP contribution in [0.1, 0.15) is 23.0 Å². The van der Waals surface area contributed by atoms with Crippen LogP contribution in [-0.2, 0) is 10.4 Å². The van der Waals surface area contributed by atoms with Crippen LogP contribution in [0.25, 0.3) is 0 Å². The number of carbonyl (C=O) groups is 1. The molecule has 2 N–H and O–H groups in total. The zero-order chi connectivity index (χ0) is 23.6. The van der Waals surface area contributed by atoms with Crippen LogP contribution in [0.15, 0.2) is 54.6 Å². The summed E-state index contributed by atoms with van der Waals surface area (Å²) in [6.07, 6.45) is -6.71. The van der Waals surface area contributed by atoms with E-state index in [-0.39, 0.29) is 23.1 Å². The van der Waals surface area contributed by atoms with Gasteiger partial charge >= 0.3 is 12.5 Å². The zero-order valence-corrected chi connectivity index (χ0v) is 16.2. The van der Waals surface area contributed by atoms with Gasteiger partial charge in [0.25, 0.3) is 5.91 Å². The first kappa shape index (κ1) is 23.2. The minimum Gasteiger partial charge on any atom is -0.438 e. The highest BCUT2D eigenvalue weighted by molar-refractivity contribution is 5.92. The molecule has 1 unspecified atom stereocenters. The predicted molar refractivity (Wildman–Crippen MR) is 96.0 cm³/mol. The van der Waals surface area contributed by atoms with Crippen LogP contribution < -0.4 is 20.3 Å². The third kappa shape index (κ3) is 6.26. The normalized spacial score (nSPS) is 18.5. The van der Waals surface area contributed by atoms with Gasteiger partial charge in [0.1, 0.15) is 29.3 Å². The molecular weight excluding hydrogens is 448 g/mol. The fraction of sp³-hybridized carbons (Fsp3) is 0.263. The number of ether oxygens (including phenoxy) is 2. The minimum absolute atomic E-state index is 0.124. The Kier molecular flexibility index (Phi) is 6.21. The minimum atomic E-state index is -4.81. The van der Waals surface area contributed by atoms with E-state index in [1.807, 2.05) is 0 Å². The molecule has 0 radical (unpaired) electrons. The summed E-state index contributed by atoms with van der Waals surface area (Å²) in [5.41, 5.74) is 1.69. The molecule has 0 saturated heterocycles. The number of rotatable bonds is 6. The molecule has 1 amide bonds. The lowest BCUT2D eigenvalue weighted by Gasteiger charge is -2.20. The van der Waals surface area contributed by atoms with Crippen LogP contribution in [0.4, 0.5) is 26.3 Å². The highest BCUT2D eigenvalue weighted by Gasteiger charge is 2.34. The van der Waals surface area contributed by atoms with Crippen molar-refractivity contribution in [2.75, 3.05) is 6.54 Å². The average Bonchev–Trinajstić information content (AvgIpc) is 3.07. The van der Waals surface area contributed by atoms with Crippen molar-refractivity contribution in [1.82, 2.24) is 15.8 Å². The van der Waals surface area contributed by atoms with Crippen LogP contribution in [0.3, 0.4) is 0 Å². The van der Waals surface area contributed by atoms with Crippen LogP contribution in [0.2, 0.25) is 0 Å². The number of hydrogen-bond donors (Lipinski definition) is 2. The molecule has 0 spiro atoms. The number of pyridine rings is 1. The number of nitrogens with zero attached hydrogens (tertiary/aromatic N) is 1. The van der Waals surface area contributed by atoms with Crippen molar-refractivity contribution in [2.24, 2.45) is 0 Å². The molecule has 13 heteroatoms. The van der Waals surface area contributed by atoms with Gasteiger partial charge in [-0.2, -0.15) is 13.2 Å². The Labute approximate surface area is 176 Å². The molecular formula is C19H15F6N3O4. The summed E-state index contributed by atoms with van der Waals surface area (Å²) in [5.74, 6) is -1.11. The zero-order valence-electron chi connectivity index (χ0n) is 16.2. The number of alkyl halides is 6. The molecule has 0 aliphatic carbocycles. The maximum absolute atomic E-state index is 12.3. The molecule has 1 aromatic carbocycles. The molecule has 1 aromatic heterocycles. The van der Waals surface area contributed by atoms with Crippen molar-refractivity contribution in [3.05, 3.63) is 65.8 Å². The summed E-state index contributed by atoms with van der Waals surface area (Å²) >= 11 is 0. The Balaban J connectivity index is 1.63. The Bertz CT molecular complexity index is 990. The van der Waals surface area contributed by atoms with Gasteiger partial charge in [0.15, 0.2) is 0 Å². The summed E-state index contributed by atoms with van der Waals surface area (Å²) in [6, 6.07) is 7.54. The highest BCUT2D eigenvalue weighted by atomic mass is 19.4. The second-order valence-electron chi connectivity index (χ2n) is 6.67. The van der Waals surface area contributed by atoms with E-state index in [0.29, 0.717) is 5.56 Å². The molecule has 0 bridgehead atoms. The first-order valence-corrected chi connectivity index (χ1v) is 8.85. The van der Waals surface area contributed by atoms with E-state index in [9.17, 15) is 31.1 Å². The van der Waals surface area contributed by atoms with Gasteiger partial charge in [-0.3, -0.25) is 9.63 Å². The van der Waals surface area contributed by atoms with Gasteiger partial charge in [-0.25, -0.2) is 10.5 Å². The lowest BCUT2D eigenvalue weighted by atomic mass is 9.96. The Morgan fingerprint density at radius 1 is 1.09 bits per heavy atom. The Hall–Kier alpha value is -3.48. The fourth-order valence-electron chi connectivity index (χ4n) is 2.62. The average molecular weight is 463 g/mol.